The molecule has 0 radical (unpaired) electrons. The molecular weight excluding hydrogens is 216 g/mol. The Labute approximate surface area is 101 Å². The van der Waals surface area contributed by atoms with Crippen LogP contribution in [0.3, 0.4) is 0 Å². The molecule has 0 spiro atoms. The summed E-state index contributed by atoms with van der Waals surface area (Å²) in [5.41, 5.74) is 2.75. The maximum atomic E-state index is 10.5. The van der Waals surface area contributed by atoms with Crippen molar-refractivity contribution < 1.29 is 14.6 Å². The minimum Gasteiger partial charge on any atom is -0.497 e. The van der Waals surface area contributed by atoms with Crippen LogP contribution in [-0.2, 0) is 11.2 Å². The van der Waals surface area contributed by atoms with Gasteiger partial charge in [-0.3, -0.25) is 4.79 Å². The van der Waals surface area contributed by atoms with Gasteiger partial charge in [-0.15, -0.1) is 0 Å². The first-order chi connectivity index (χ1) is 8.20. The zero-order valence-corrected chi connectivity index (χ0v) is 10.1. The smallest absolute Gasteiger partial charge is 0.303 e. The molecule has 1 aliphatic carbocycles. The number of hydrogen-bond acceptors (Lipinski definition) is 2. The van der Waals surface area contributed by atoms with Crippen LogP contribution >= 0.6 is 0 Å². The first kappa shape index (κ1) is 12.0. The van der Waals surface area contributed by atoms with Crippen molar-refractivity contribution in [3.63, 3.8) is 0 Å². The number of methoxy groups -OCH3 is 1. The average molecular weight is 234 g/mol. The summed E-state index contributed by atoms with van der Waals surface area (Å²) in [7, 11) is 1.68. The highest BCUT2D eigenvalue weighted by molar-refractivity contribution is 5.66. The number of carboxylic acid groups (broad SMARTS) is 1. The molecule has 92 valence electrons. The molecule has 0 amide bonds. The molecule has 3 nitrogen and oxygen atoms in total. The molecule has 1 N–H and O–H groups in total. The Morgan fingerprint density at radius 1 is 1.53 bits per heavy atom. The molecule has 1 aliphatic rings. The van der Waals surface area contributed by atoms with E-state index < -0.39 is 5.97 Å². The maximum Gasteiger partial charge on any atom is 0.303 e. The third-order valence-electron chi connectivity index (χ3n) is 3.50. The van der Waals surface area contributed by atoms with E-state index in [4.69, 9.17) is 9.84 Å². The predicted molar refractivity (Wildman–Crippen MR) is 65.5 cm³/mol. The van der Waals surface area contributed by atoms with Gasteiger partial charge in [0.25, 0.3) is 0 Å². The zero-order valence-electron chi connectivity index (χ0n) is 10.1. The number of hydrogen-bond donors (Lipinski definition) is 1. The summed E-state index contributed by atoms with van der Waals surface area (Å²) in [6, 6.07) is 6.23. The van der Waals surface area contributed by atoms with Crippen LogP contribution in [0.4, 0.5) is 0 Å². The zero-order chi connectivity index (χ0) is 12.3. The normalized spacial score (nSPS) is 17.8. The van der Waals surface area contributed by atoms with Crippen molar-refractivity contribution in [1.29, 1.82) is 0 Å². The quantitative estimate of drug-likeness (QED) is 0.852. The number of aryl methyl sites for hydroxylation is 1. The first-order valence-corrected chi connectivity index (χ1v) is 6.09. The summed E-state index contributed by atoms with van der Waals surface area (Å²) < 4.78 is 5.24. The number of benzene rings is 1. The van der Waals surface area contributed by atoms with Crippen molar-refractivity contribution in [3.05, 3.63) is 29.3 Å². The monoisotopic (exact) mass is 234 g/mol. The fraction of sp³-hybridized carbons (Fsp3) is 0.500. The maximum absolute atomic E-state index is 10.5. The van der Waals surface area contributed by atoms with E-state index in [1.807, 2.05) is 6.07 Å². The van der Waals surface area contributed by atoms with Gasteiger partial charge in [-0.2, -0.15) is 0 Å². The molecule has 1 atom stereocenters. The predicted octanol–water partition coefficient (Wildman–Crippen LogP) is 2.98. The summed E-state index contributed by atoms with van der Waals surface area (Å²) in [5, 5.41) is 8.64. The van der Waals surface area contributed by atoms with Crippen molar-refractivity contribution >= 4 is 5.97 Å². The Balaban J connectivity index is 2.02. The topological polar surface area (TPSA) is 46.5 Å². The lowest BCUT2D eigenvalue weighted by Crippen LogP contribution is -1.98. The van der Waals surface area contributed by atoms with Crippen molar-refractivity contribution in [2.45, 2.75) is 38.0 Å². The van der Waals surface area contributed by atoms with Crippen LogP contribution < -0.4 is 4.74 Å². The number of fused-ring (bicyclic) bond motifs is 1. The first-order valence-electron chi connectivity index (χ1n) is 6.09. The molecule has 0 saturated carbocycles. The summed E-state index contributed by atoms with van der Waals surface area (Å²) >= 11 is 0. The van der Waals surface area contributed by atoms with E-state index in [1.165, 1.54) is 11.1 Å². The fourth-order valence-corrected chi connectivity index (χ4v) is 2.59. The lowest BCUT2D eigenvalue weighted by Gasteiger charge is -2.11. The van der Waals surface area contributed by atoms with E-state index in [1.54, 1.807) is 7.11 Å². The second kappa shape index (κ2) is 5.21. The van der Waals surface area contributed by atoms with Crippen LogP contribution in [0, 0.1) is 0 Å². The highest BCUT2D eigenvalue weighted by Crippen LogP contribution is 2.38. The molecule has 3 heteroatoms. The van der Waals surface area contributed by atoms with Gasteiger partial charge in [0, 0.05) is 6.42 Å². The van der Waals surface area contributed by atoms with Gasteiger partial charge in [-0.1, -0.05) is 6.07 Å². The van der Waals surface area contributed by atoms with Gasteiger partial charge < -0.3 is 9.84 Å². The molecule has 0 heterocycles. The lowest BCUT2D eigenvalue weighted by atomic mass is 9.95. The Morgan fingerprint density at radius 3 is 3.06 bits per heavy atom. The Hall–Kier alpha value is -1.51. The molecule has 1 aromatic carbocycles. The number of carboxylic acids is 1. The van der Waals surface area contributed by atoms with Crippen LogP contribution in [0.5, 0.6) is 5.75 Å². The third kappa shape index (κ3) is 2.78. The molecule has 1 unspecified atom stereocenters. The van der Waals surface area contributed by atoms with Crippen molar-refractivity contribution in [2.75, 3.05) is 7.11 Å². The van der Waals surface area contributed by atoms with Gasteiger partial charge in [-0.05, 0) is 54.9 Å². The van der Waals surface area contributed by atoms with Gasteiger partial charge in [0.05, 0.1) is 7.11 Å². The van der Waals surface area contributed by atoms with Gasteiger partial charge in [0.2, 0.25) is 0 Å². The summed E-state index contributed by atoms with van der Waals surface area (Å²) in [6.45, 7) is 0. The molecule has 0 bridgehead atoms. The van der Waals surface area contributed by atoms with Gasteiger partial charge in [-0.25, -0.2) is 0 Å². The Bertz CT molecular complexity index is 412. The van der Waals surface area contributed by atoms with E-state index >= 15 is 0 Å². The highest BCUT2D eigenvalue weighted by Gasteiger charge is 2.22. The molecule has 0 saturated heterocycles. The second-order valence-corrected chi connectivity index (χ2v) is 4.59. The number of rotatable bonds is 5. The number of carbonyl (C=O) groups is 1. The molecule has 1 aromatic rings. The van der Waals surface area contributed by atoms with Crippen LogP contribution in [0.25, 0.3) is 0 Å². The highest BCUT2D eigenvalue weighted by atomic mass is 16.5. The average Bonchev–Trinajstić information content (AvgIpc) is 2.71. The summed E-state index contributed by atoms with van der Waals surface area (Å²) in [6.07, 6.45) is 4.25. The Morgan fingerprint density at radius 2 is 2.35 bits per heavy atom. The number of ether oxygens (including phenoxy) is 1. The SMILES string of the molecule is COc1ccc2c(c1)C(CCCC(=O)O)CC2. The van der Waals surface area contributed by atoms with E-state index in [0.717, 1.165) is 31.4 Å². The van der Waals surface area contributed by atoms with Crippen molar-refractivity contribution in [1.82, 2.24) is 0 Å². The Kier molecular flexibility index (Phi) is 3.67. The number of aliphatic carboxylic acids is 1. The van der Waals surface area contributed by atoms with Crippen LogP contribution in [0.15, 0.2) is 18.2 Å². The van der Waals surface area contributed by atoms with Crippen LogP contribution in [0.1, 0.15) is 42.7 Å². The largest absolute Gasteiger partial charge is 0.497 e. The van der Waals surface area contributed by atoms with E-state index in [2.05, 4.69) is 12.1 Å². The second-order valence-electron chi connectivity index (χ2n) is 4.59. The third-order valence-corrected chi connectivity index (χ3v) is 3.50. The van der Waals surface area contributed by atoms with Crippen LogP contribution in [0.2, 0.25) is 0 Å². The molecule has 2 rings (SSSR count). The molecule has 0 aromatic heterocycles. The minimum absolute atomic E-state index is 0.274. The lowest BCUT2D eigenvalue weighted by molar-refractivity contribution is -0.137. The van der Waals surface area contributed by atoms with Gasteiger partial charge in [0.1, 0.15) is 5.75 Å². The van der Waals surface area contributed by atoms with Crippen molar-refractivity contribution in [2.24, 2.45) is 0 Å². The standard InChI is InChI=1S/C14H18O3/c1-17-12-8-7-11-6-5-10(13(11)9-12)3-2-4-14(15)16/h7-10H,2-6H2,1H3,(H,15,16). The fourth-order valence-electron chi connectivity index (χ4n) is 2.59. The van der Waals surface area contributed by atoms with Gasteiger partial charge in [0.15, 0.2) is 0 Å². The summed E-state index contributed by atoms with van der Waals surface area (Å²) in [5.74, 6) is 0.710. The minimum atomic E-state index is -0.700. The van der Waals surface area contributed by atoms with Crippen molar-refractivity contribution in [3.8, 4) is 5.75 Å². The van der Waals surface area contributed by atoms with E-state index in [-0.39, 0.29) is 6.42 Å². The molecule has 0 fully saturated rings. The van der Waals surface area contributed by atoms with E-state index in [0.29, 0.717) is 5.92 Å². The molecular formula is C14H18O3. The molecule has 17 heavy (non-hydrogen) atoms. The summed E-state index contributed by atoms with van der Waals surface area (Å²) in [4.78, 5) is 10.5. The molecule has 0 aliphatic heterocycles. The van der Waals surface area contributed by atoms with Crippen LogP contribution in [-0.4, -0.2) is 18.2 Å². The van der Waals surface area contributed by atoms with E-state index in [9.17, 15) is 4.79 Å². The van der Waals surface area contributed by atoms with Gasteiger partial charge >= 0.3 is 5.97 Å².